The second-order valence-corrected chi connectivity index (χ2v) is 4.86. The van der Waals surface area contributed by atoms with Crippen LogP contribution in [0.1, 0.15) is 10.4 Å². The fourth-order valence-corrected chi connectivity index (χ4v) is 2.48. The lowest BCUT2D eigenvalue weighted by Gasteiger charge is -2.36. The molecule has 0 unspecified atom stereocenters. The van der Waals surface area contributed by atoms with Crippen LogP contribution >= 0.6 is 0 Å². The highest BCUT2D eigenvalue weighted by atomic mass is 16.2. The number of anilines is 1. The molecule has 3 rings (SSSR count). The Morgan fingerprint density at radius 3 is 2.35 bits per heavy atom. The molecule has 0 aliphatic carbocycles. The van der Waals surface area contributed by atoms with Gasteiger partial charge in [-0.3, -0.25) is 9.78 Å². The van der Waals surface area contributed by atoms with Gasteiger partial charge in [0.15, 0.2) is 0 Å². The molecule has 1 aliphatic rings. The molecule has 0 bridgehead atoms. The fourth-order valence-electron chi connectivity index (χ4n) is 2.48. The first-order valence-electron chi connectivity index (χ1n) is 6.84. The number of carbonyl (C=O) groups excluding carboxylic acids is 1. The summed E-state index contributed by atoms with van der Waals surface area (Å²) in [4.78, 5) is 20.5. The quantitative estimate of drug-likeness (QED) is 0.835. The van der Waals surface area contributed by atoms with Gasteiger partial charge in [-0.2, -0.15) is 0 Å². The van der Waals surface area contributed by atoms with E-state index < -0.39 is 0 Å². The van der Waals surface area contributed by atoms with Crippen molar-refractivity contribution in [3.63, 3.8) is 0 Å². The molecule has 1 aromatic carbocycles. The number of benzene rings is 1. The molecule has 0 atom stereocenters. The van der Waals surface area contributed by atoms with Gasteiger partial charge >= 0.3 is 0 Å². The smallest absolute Gasteiger partial charge is 0.255 e. The highest BCUT2D eigenvalue weighted by molar-refractivity contribution is 5.94. The standard InChI is InChI=1S/C16H17N3O/c20-16(14-5-4-8-17-13-14)19-11-9-18(10-12-19)15-6-2-1-3-7-15/h1-8,13H,9-12H2. The second-order valence-electron chi connectivity index (χ2n) is 4.86. The molecule has 2 heterocycles. The number of piperazine rings is 1. The Labute approximate surface area is 118 Å². The molecule has 0 N–H and O–H groups in total. The molecule has 1 saturated heterocycles. The first kappa shape index (κ1) is 12.7. The number of pyridine rings is 1. The second kappa shape index (κ2) is 5.74. The van der Waals surface area contributed by atoms with Crippen molar-refractivity contribution in [3.05, 3.63) is 60.4 Å². The lowest BCUT2D eigenvalue weighted by Crippen LogP contribution is -2.48. The Bertz CT molecular complexity index is 563. The molecule has 0 saturated carbocycles. The predicted octanol–water partition coefficient (Wildman–Crippen LogP) is 2.04. The van der Waals surface area contributed by atoms with E-state index >= 15 is 0 Å². The van der Waals surface area contributed by atoms with E-state index in [0.717, 1.165) is 26.2 Å². The van der Waals surface area contributed by atoms with Gasteiger partial charge in [-0.05, 0) is 24.3 Å². The molecule has 20 heavy (non-hydrogen) atoms. The molecule has 4 nitrogen and oxygen atoms in total. The average Bonchev–Trinajstić information content (AvgIpc) is 2.56. The lowest BCUT2D eigenvalue weighted by atomic mass is 10.2. The van der Waals surface area contributed by atoms with Gasteiger partial charge in [0.25, 0.3) is 5.91 Å². The zero-order valence-electron chi connectivity index (χ0n) is 11.3. The van der Waals surface area contributed by atoms with Crippen molar-refractivity contribution in [3.8, 4) is 0 Å². The van der Waals surface area contributed by atoms with E-state index in [4.69, 9.17) is 0 Å². The van der Waals surface area contributed by atoms with Crippen molar-refractivity contribution in [2.45, 2.75) is 0 Å². The van der Waals surface area contributed by atoms with Crippen LogP contribution in [0.25, 0.3) is 0 Å². The van der Waals surface area contributed by atoms with Crippen LogP contribution in [0.15, 0.2) is 54.9 Å². The molecule has 102 valence electrons. The zero-order valence-corrected chi connectivity index (χ0v) is 11.3. The van der Waals surface area contributed by atoms with E-state index in [1.54, 1.807) is 18.5 Å². The molecular formula is C16H17N3O. The number of aromatic nitrogens is 1. The number of carbonyl (C=O) groups is 1. The van der Waals surface area contributed by atoms with Crippen LogP contribution < -0.4 is 4.90 Å². The first-order chi connectivity index (χ1) is 9.84. The van der Waals surface area contributed by atoms with E-state index in [1.807, 2.05) is 29.2 Å². The van der Waals surface area contributed by atoms with Crippen LogP contribution in [-0.2, 0) is 0 Å². The monoisotopic (exact) mass is 267 g/mol. The molecule has 1 fully saturated rings. The fraction of sp³-hybridized carbons (Fsp3) is 0.250. The maximum atomic E-state index is 12.3. The number of para-hydroxylation sites is 1. The molecule has 4 heteroatoms. The van der Waals surface area contributed by atoms with Crippen LogP contribution in [-0.4, -0.2) is 42.0 Å². The summed E-state index contributed by atoms with van der Waals surface area (Å²) in [6, 6.07) is 13.9. The normalized spacial score (nSPS) is 15.2. The molecular weight excluding hydrogens is 250 g/mol. The van der Waals surface area contributed by atoms with Crippen LogP contribution in [0.2, 0.25) is 0 Å². The van der Waals surface area contributed by atoms with Gasteiger partial charge in [-0.15, -0.1) is 0 Å². The summed E-state index contributed by atoms with van der Waals surface area (Å²) >= 11 is 0. The van der Waals surface area contributed by atoms with Gasteiger partial charge in [0, 0.05) is 44.3 Å². The van der Waals surface area contributed by atoms with Gasteiger partial charge in [0.2, 0.25) is 0 Å². The Morgan fingerprint density at radius 2 is 1.70 bits per heavy atom. The predicted molar refractivity (Wildman–Crippen MR) is 78.8 cm³/mol. The molecule has 1 aromatic heterocycles. The van der Waals surface area contributed by atoms with Crippen molar-refractivity contribution in [1.82, 2.24) is 9.88 Å². The van der Waals surface area contributed by atoms with Gasteiger partial charge in [0.05, 0.1) is 5.56 Å². The van der Waals surface area contributed by atoms with Crippen molar-refractivity contribution >= 4 is 11.6 Å². The highest BCUT2D eigenvalue weighted by Crippen LogP contribution is 2.16. The SMILES string of the molecule is O=C(c1cccnc1)N1CCN(c2ccccc2)CC1. The molecule has 0 spiro atoms. The topological polar surface area (TPSA) is 36.4 Å². The van der Waals surface area contributed by atoms with E-state index in [1.165, 1.54) is 5.69 Å². The minimum atomic E-state index is 0.0748. The van der Waals surface area contributed by atoms with Crippen molar-refractivity contribution in [2.24, 2.45) is 0 Å². The van der Waals surface area contributed by atoms with Gasteiger partial charge in [-0.25, -0.2) is 0 Å². The first-order valence-corrected chi connectivity index (χ1v) is 6.84. The summed E-state index contributed by atoms with van der Waals surface area (Å²) in [5, 5.41) is 0. The minimum Gasteiger partial charge on any atom is -0.368 e. The van der Waals surface area contributed by atoms with Crippen LogP contribution in [0.3, 0.4) is 0 Å². The van der Waals surface area contributed by atoms with E-state index in [-0.39, 0.29) is 5.91 Å². The number of hydrogen-bond donors (Lipinski definition) is 0. The third kappa shape index (κ3) is 2.64. The number of hydrogen-bond acceptors (Lipinski definition) is 3. The number of amides is 1. The lowest BCUT2D eigenvalue weighted by molar-refractivity contribution is 0.0746. The summed E-state index contributed by atoms with van der Waals surface area (Å²) in [5.74, 6) is 0.0748. The summed E-state index contributed by atoms with van der Waals surface area (Å²) < 4.78 is 0. The Morgan fingerprint density at radius 1 is 0.950 bits per heavy atom. The minimum absolute atomic E-state index is 0.0748. The van der Waals surface area contributed by atoms with E-state index in [2.05, 4.69) is 22.0 Å². The van der Waals surface area contributed by atoms with Gasteiger partial charge < -0.3 is 9.80 Å². The van der Waals surface area contributed by atoms with Crippen LogP contribution in [0, 0.1) is 0 Å². The summed E-state index contributed by atoms with van der Waals surface area (Å²) in [6.07, 6.45) is 3.32. The van der Waals surface area contributed by atoms with Gasteiger partial charge in [-0.1, -0.05) is 18.2 Å². The average molecular weight is 267 g/mol. The maximum absolute atomic E-state index is 12.3. The highest BCUT2D eigenvalue weighted by Gasteiger charge is 2.22. The van der Waals surface area contributed by atoms with E-state index in [9.17, 15) is 4.79 Å². The summed E-state index contributed by atoms with van der Waals surface area (Å²) in [6.45, 7) is 3.25. The molecule has 1 aliphatic heterocycles. The number of rotatable bonds is 2. The largest absolute Gasteiger partial charge is 0.368 e. The summed E-state index contributed by atoms with van der Waals surface area (Å²) in [5.41, 5.74) is 1.89. The van der Waals surface area contributed by atoms with E-state index in [0.29, 0.717) is 5.56 Å². The number of nitrogens with zero attached hydrogens (tertiary/aromatic N) is 3. The molecule has 1 amide bonds. The zero-order chi connectivity index (χ0) is 13.8. The van der Waals surface area contributed by atoms with Crippen LogP contribution in [0.5, 0.6) is 0 Å². The maximum Gasteiger partial charge on any atom is 0.255 e. The Balaban J connectivity index is 1.63. The Kier molecular flexibility index (Phi) is 3.63. The van der Waals surface area contributed by atoms with Crippen molar-refractivity contribution in [2.75, 3.05) is 31.1 Å². The van der Waals surface area contributed by atoms with Gasteiger partial charge in [0.1, 0.15) is 0 Å². The molecule has 2 aromatic rings. The van der Waals surface area contributed by atoms with Crippen LogP contribution in [0.4, 0.5) is 5.69 Å². The van der Waals surface area contributed by atoms with Crippen molar-refractivity contribution in [1.29, 1.82) is 0 Å². The Hall–Kier alpha value is -2.36. The third-order valence-corrected chi connectivity index (χ3v) is 3.60. The van der Waals surface area contributed by atoms with Crippen molar-refractivity contribution < 1.29 is 4.79 Å². The summed E-state index contributed by atoms with van der Waals surface area (Å²) in [7, 11) is 0. The third-order valence-electron chi connectivity index (χ3n) is 3.60. The molecule has 0 radical (unpaired) electrons.